The van der Waals surface area contributed by atoms with Gasteiger partial charge in [0.05, 0.1) is 18.2 Å². The van der Waals surface area contributed by atoms with E-state index in [1.54, 1.807) is 6.92 Å². The van der Waals surface area contributed by atoms with Gasteiger partial charge in [0.25, 0.3) is 0 Å². The summed E-state index contributed by atoms with van der Waals surface area (Å²) in [5.41, 5.74) is 7.89. The van der Waals surface area contributed by atoms with E-state index < -0.39 is 6.04 Å². The fraction of sp³-hybridized carbons (Fsp3) is 0.588. The van der Waals surface area contributed by atoms with Crippen LogP contribution in [0.2, 0.25) is 0 Å². The minimum atomic E-state index is -0.468. The van der Waals surface area contributed by atoms with Crippen molar-refractivity contribution in [1.29, 1.82) is 0 Å². The van der Waals surface area contributed by atoms with Crippen molar-refractivity contribution in [2.24, 2.45) is 5.73 Å². The quantitative estimate of drug-likeness (QED) is 0.859. The van der Waals surface area contributed by atoms with Crippen LogP contribution in [0.1, 0.15) is 31.9 Å². The SMILES string of the molecule is CC1CN(Cc2ccc(CNC(=O)[C@@H](C)N)cc2)CC(C)O1. The predicted octanol–water partition coefficient (Wildman–Crippen LogP) is 1.26. The number of carbonyl (C=O) groups excluding carboxylic acids is 1. The van der Waals surface area contributed by atoms with Crippen LogP contribution in [-0.2, 0) is 22.6 Å². The van der Waals surface area contributed by atoms with E-state index in [2.05, 4.69) is 48.3 Å². The van der Waals surface area contributed by atoms with Gasteiger partial charge in [-0.2, -0.15) is 0 Å². The molecular formula is C17H27N3O2. The van der Waals surface area contributed by atoms with E-state index in [1.807, 2.05) is 0 Å². The van der Waals surface area contributed by atoms with Gasteiger partial charge >= 0.3 is 0 Å². The molecule has 5 heteroatoms. The zero-order valence-corrected chi connectivity index (χ0v) is 13.7. The maximum Gasteiger partial charge on any atom is 0.236 e. The smallest absolute Gasteiger partial charge is 0.236 e. The largest absolute Gasteiger partial charge is 0.373 e. The number of hydrogen-bond acceptors (Lipinski definition) is 4. The third-order valence-corrected chi connectivity index (χ3v) is 3.80. The molecule has 0 aromatic heterocycles. The summed E-state index contributed by atoms with van der Waals surface area (Å²) in [6.45, 7) is 9.31. The lowest BCUT2D eigenvalue weighted by Crippen LogP contribution is -2.44. The van der Waals surface area contributed by atoms with Crippen LogP contribution in [0, 0.1) is 0 Å². The molecule has 2 rings (SSSR count). The molecule has 0 saturated carbocycles. The lowest BCUT2D eigenvalue weighted by atomic mass is 10.1. The van der Waals surface area contributed by atoms with E-state index in [4.69, 9.17) is 10.5 Å². The Kier molecular flexibility index (Phi) is 5.94. The van der Waals surface area contributed by atoms with Crippen LogP contribution in [0.25, 0.3) is 0 Å². The Labute approximate surface area is 132 Å². The van der Waals surface area contributed by atoms with Crippen molar-refractivity contribution in [3.8, 4) is 0 Å². The molecule has 122 valence electrons. The molecule has 1 heterocycles. The molecule has 0 aliphatic carbocycles. The molecule has 5 nitrogen and oxygen atoms in total. The highest BCUT2D eigenvalue weighted by molar-refractivity contribution is 5.80. The van der Waals surface area contributed by atoms with Crippen LogP contribution < -0.4 is 11.1 Å². The molecule has 1 fully saturated rings. The summed E-state index contributed by atoms with van der Waals surface area (Å²) in [4.78, 5) is 13.9. The molecule has 3 N–H and O–H groups in total. The van der Waals surface area contributed by atoms with Crippen molar-refractivity contribution in [3.05, 3.63) is 35.4 Å². The standard InChI is InChI=1S/C17H27N3O2/c1-12-9-20(10-13(2)22-12)11-16-6-4-15(5-7-16)8-19-17(21)14(3)18/h4-7,12-14H,8-11,18H2,1-3H3,(H,19,21)/t12?,13?,14-/m1/s1. The summed E-state index contributed by atoms with van der Waals surface area (Å²) in [6.07, 6.45) is 0.577. The first kappa shape index (κ1) is 16.9. The molecule has 1 aliphatic rings. The number of hydrogen-bond donors (Lipinski definition) is 2. The zero-order valence-electron chi connectivity index (χ0n) is 13.7. The summed E-state index contributed by atoms with van der Waals surface area (Å²) >= 11 is 0. The Balaban J connectivity index is 1.85. The van der Waals surface area contributed by atoms with Crippen molar-refractivity contribution in [1.82, 2.24) is 10.2 Å². The maximum absolute atomic E-state index is 11.5. The normalized spacial score (nSPS) is 24.0. The first-order valence-corrected chi connectivity index (χ1v) is 7.93. The van der Waals surface area contributed by atoms with Crippen LogP contribution in [0.3, 0.4) is 0 Å². The monoisotopic (exact) mass is 305 g/mol. The van der Waals surface area contributed by atoms with Gasteiger partial charge in [0.2, 0.25) is 5.91 Å². The summed E-state index contributed by atoms with van der Waals surface area (Å²) in [5, 5.41) is 2.82. The highest BCUT2D eigenvalue weighted by Crippen LogP contribution is 2.14. The predicted molar refractivity (Wildman–Crippen MR) is 87.2 cm³/mol. The first-order chi connectivity index (χ1) is 10.4. The third-order valence-electron chi connectivity index (χ3n) is 3.80. The highest BCUT2D eigenvalue weighted by Gasteiger charge is 2.21. The lowest BCUT2D eigenvalue weighted by Gasteiger charge is -2.35. The summed E-state index contributed by atoms with van der Waals surface area (Å²) < 4.78 is 5.75. The number of carbonyl (C=O) groups is 1. The summed E-state index contributed by atoms with van der Waals surface area (Å²) in [6, 6.07) is 7.90. The Morgan fingerprint density at radius 2 is 1.82 bits per heavy atom. The van der Waals surface area contributed by atoms with Gasteiger partial charge in [0.15, 0.2) is 0 Å². The lowest BCUT2D eigenvalue weighted by molar-refractivity contribution is -0.122. The van der Waals surface area contributed by atoms with E-state index in [1.165, 1.54) is 5.56 Å². The summed E-state index contributed by atoms with van der Waals surface area (Å²) in [7, 11) is 0. The van der Waals surface area contributed by atoms with Gasteiger partial charge in [-0.3, -0.25) is 9.69 Å². The molecule has 0 bridgehead atoms. The van der Waals surface area contributed by atoms with Gasteiger partial charge < -0.3 is 15.8 Å². The van der Waals surface area contributed by atoms with E-state index in [9.17, 15) is 4.79 Å². The number of benzene rings is 1. The number of ether oxygens (including phenoxy) is 1. The van der Waals surface area contributed by atoms with Gasteiger partial charge in [0, 0.05) is 26.2 Å². The Bertz CT molecular complexity index is 477. The van der Waals surface area contributed by atoms with E-state index in [0.717, 1.165) is 25.2 Å². The highest BCUT2D eigenvalue weighted by atomic mass is 16.5. The molecule has 1 aromatic carbocycles. The molecule has 1 aromatic rings. The number of nitrogens with two attached hydrogens (primary N) is 1. The number of nitrogens with one attached hydrogen (secondary N) is 1. The molecule has 22 heavy (non-hydrogen) atoms. The zero-order chi connectivity index (χ0) is 16.1. The second-order valence-corrected chi connectivity index (χ2v) is 6.27. The molecule has 2 unspecified atom stereocenters. The number of nitrogens with zero attached hydrogens (tertiary/aromatic N) is 1. The van der Waals surface area contributed by atoms with Gasteiger partial charge in [0.1, 0.15) is 0 Å². The van der Waals surface area contributed by atoms with Crippen molar-refractivity contribution in [2.75, 3.05) is 13.1 Å². The van der Waals surface area contributed by atoms with Crippen molar-refractivity contribution >= 4 is 5.91 Å². The molecular weight excluding hydrogens is 278 g/mol. The maximum atomic E-state index is 11.5. The molecule has 0 spiro atoms. The van der Waals surface area contributed by atoms with E-state index >= 15 is 0 Å². The topological polar surface area (TPSA) is 67.6 Å². The number of morpholine rings is 1. The molecule has 0 radical (unpaired) electrons. The van der Waals surface area contributed by atoms with Gasteiger partial charge in [-0.05, 0) is 31.9 Å². The van der Waals surface area contributed by atoms with E-state index in [-0.39, 0.29) is 18.1 Å². The summed E-state index contributed by atoms with van der Waals surface area (Å²) in [5.74, 6) is -0.125. The van der Waals surface area contributed by atoms with Crippen LogP contribution in [0.15, 0.2) is 24.3 Å². The fourth-order valence-corrected chi connectivity index (χ4v) is 2.78. The van der Waals surface area contributed by atoms with E-state index in [0.29, 0.717) is 6.54 Å². The number of rotatable bonds is 5. The Morgan fingerprint density at radius 1 is 1.27 bits per heavy atom. The molecule has 1 saturated heterocycles. The van der Waals surface area contributed by atoms with Crippen LogP contribution in [-0.4, -0.2) is 42.1 Å². The Morgan fingerprint density at radius 3 is 2.36 bits per heavy atom. The van der Waals surface area contributed by atoms with Crippen LogP contribution >= 0.6 is 0 Å². The molecule has 3 atom stereocenters. The minimum Gasteiger partial charge on any atom is -0.373 e. The van der Waals surface area contributed by atoms with Crippen molar-refractivity contribution < 1.29 is 9.53 Å². The van der Waals surface area contributed by atoms with Crippen LogP contribution in [0.5, 0.6) is 0 Å². The second-order valence-electron chi connectivity index (χ2n) is 6.27. The number of amides is 1. The minimum absolute atomic E-state index is 0.125. The van der Waals surface area contributed by atoms with Crippen molar-refractivity contribution in [2.45, 2.75) is 52.1 Å². The fourth-order valence-electron chi connectivity index (χ4n) is 2.78. The average Bonchev–Trinajstić information content (AvgIpc) is 2.45. The van der Waals surface area contributed by atoms with Gasteiger partial charge in [-0.1, -0.05) is 24.3 Å². The Hall–Kier alpha value is -1.43. The van der Waals surface area contributed by atoms with Gasteiger partial charge in [-0.25, -0.2) is 0 Å². The van der Waals surface area contributed by atoms with Crippen LogP contribution in [0.4, 0.5) is 0 Å². The molecule has 1 aliphatic heterocycles. The third kappa shape index (κ3) is 5.09. The second kappa shape index (κ2) is 7.72. The van der Waals surface area contributed by atoms with Crippen molar-refractivity contribution in [3.63, 3.8) is 0 Å². The first-order valence-electron chi connectivity index (χ1n) is 7.93. The molecule has 1 amide bonds. The average molecular weight is 305 g/mol. The van der Waals surface area contributed by atoms with Gasteiger partial charge in [-0.15, -0.1) is 0 Å².